The van der Waals surface area contributed by atoms with E-state index in [-0.39, 0.29) is 18.0 Å². The Morgan fingerprint density at radius 1 is 0.963 bits per heavy atom. The molecule has 0 saturated carbocycles. The zero-order valence-electron chi connectivity index (χ0n) is 15.3. The average molecular weight is 385 g/mol. The Balaban J connectivity index is 1.74. The molecule has 0 spiro atoms. The molecule has 3 rings (SSSR count). The molecule has 3 N–H and O–H groups in total. The molecule has 0 aromatic heterocycles. The number of fused-ring (bicyclic) bond motifs is 1. The Morgan fingerprint density at radius 3 is 2.33 bits per heavy atom. The fourth-order valence-electron chi connectivity index (χ4n) is 2.98. The van der Waals surface area contributed by atoms with Crippen molar-refractivity contribution in [3.05, 3.63) is 77.9 Å². The van der Waals surface area contributed by atoms with Crippen LogP contribution in [0.25, 0.3) is 10.8 Å². The van der Waals surface area contributed by atoms with Crippen LogP contribution in [0.4, 0.5) is 0 Å². The van der Waals surface area contributed by atoms with Crippen molar-refractivity contribution >= 4 is 20.8 Å². The van der Waals surface area contributed by atoms with Gasteiger partial charge in [0.25, 0.3) is 0 Å². The second kappa shape index (κ2) is 8.63. The average Bonchev–Trinajstić information content (AvgIpc) is 2.68. The summed E-state index contributed by atoms with van der Waals surface area (Å²) in [6.45, 7) is 2.73. The fraction of sp³-hybridized carbons (Fsp3) is 0.238. The van der Waals surface area contributed by atoms with Gasteiger partial charge >= 0.3 is 0 Å². The molecule has 0 radical (unpaired) electrons. The molecular formula is C21H24N2O3S. The molecular weight excluding hydrogens is 360 g/mol. The Kier molecular flexibility index (Phi) is 6.23. The first-order chi connectivity index (χ1) is 13.0. The molecule has 0 fully saturated rings. The molecule has 0 heterocycles. The molecule has 0 unspecified atom stereocenters. The molecule has 3 aromatic carbocycles. The van der Waals surface area contributed by atoms with Crippen molar-refractivity contribution in [2.75, 3.05) is 13.2 Å². The van der Waals surface area contributed by atoms with Crippen LogP contribution in [0.15, 0.2) is 71.6 Å². The van der Waals surface area contributed by atoms with Gasteiger partial charge < -0.3 is 10.5 Å². The predicted molar refractivity (Wildman–Crippen MR) is 108 cm³/mol. The topological polar surface area (TPSA) is 81.4 Å². The van der Waals surface area contributed by atoms with E-state index in [0.29, 0.717) is 12.0 Å². The van der Waals surface area contributed by atoms with Gasteiger partial charge in [-0.1, -0.05) is 60.7 Å². The van der Waals surface area contributed by atoms with E-state index in [1.165, 1.54) is 0 Å². The van der Waals surface area contributed by atoms with Crippen LogP contribution in [0, 0.1) is 6.92 Å². The van der Waals surface area contributed by atoms with E-state index in [4.69, 9.17) is 10.5 Å². The van der Waals surface area contributed by atoms with Gasteiger partial charge in [0.1, 0.15) is 0 Å². The maximum Gasteiger partial charge on any atom is 0.241 e. The zero-order chi connectivity index (χ0) is 19.3. The van der Waals surface area contributed by atoms with Gasteiger partial charge in [-0.25, -0.2) is 13.1 Å². The Morgan fingerprint density at radius 2 is 1.63 bits per heavy atom. The van der Waals surface area contributed by atoms with Crippen molar-refractivity contribution in [3.8, 4) is 0 Å². The number of nitrogens with two attached hydrogens (primary N) is 1. The summed E-state index contributed by atoms with van der Waals surface area (Å²) in [5, 5.41) is 1.62. The minimum Gasteiger partial charge on any atom is -0.375 e. The molecule has 6 heteroatoms. The van der Waals surface area contributed by atoms with Gasteiger partial charge in [-0.2, -0.15) is 0 Å². The Bertz CT molecular complexity index is 1000. The number of benzene rings is 3. The van der Waals surface area contributed by atoms with E-state index in [1.807, 2.05) is 67.6 Å². The summed E-state index contributed by atoms with van der Waals surface area (Å²) in [6.07, 6.45) is 0. The SMILES string of the molecule is Cc1ccc(S(=O)(=O)N[C@@H](CN)COCc2ccccc2)c2ccccc12. The van der Waals surface area contributed by atoms with Crippen LogP contribution in [0.2, 0.25) is 0 Å². The third-order valence-corrected chi connectivity index (χ3v) is 6.01. The van der Waals surface area contributed by atoms with Gasteiger partial charge in [-0.15, -0.1) is 0 Å². The minimum absolute atomic E-state index is 0.151. The standard InChI is InChI=1S/C21H24N2O3S/c1-16-11-12-21(20-10-6-5-9-19(16)20)27(24,25)23-18(13-22)15-26-14-17-7-3-2-4-8-17/h2-12,18,23H,13-15,22H2,1H3/t18-/m0/s1. The van der Waals surface area contributed by atoms with Gasteiger partial charge in [0.2, 0.25) is 10.0 Å². The van der Waals surface area contributed by atoms with Crippen LogP contribution in [-0.4, -0.2) is 27.6 Å². The van der Waals surface area contributed by atoms with Crippen LogP contribution in [0.1, 0.15) is 11.1 Å². The number of hydrogen-bond donors (Lipinski definition) is 2. The van der Waals surface area contributed by atoms with Crippen molar-refractivity contribution in [2.24, 2.45) is 5.73 Å². The molecule has 0 amide bonds. The van der Waals surface area contributed by atoms with E-state index in [9.17, 15) is 8.42 Å². The van der Waals surface area contributed by atoms with Gasteiger partial charge in [0.15, 0.2) is 0 Å². The van der Waals surface area contributed by atoms with E-state index in [1.54, 1.807) is 6.07 Å². The van der Waals surface area contributed by atoms with Crippen molar-refractivity contribution < 1.29 is 13.2 Å². The number of ether oxygens (including phenoxy) is 1. The van der Waals surface area contributed by atoms with Crippen molar-refractivity contribution in [2.45, 2.75) is 24.5 Å². The van der Waals surface area contributed by atoms with Crippen LogP contribution in [-0.2, 0) is 21.4 Å². The second-order valence-corrected chi connectivity index (χ2v) is 8.16. The summed E-state index contributed by atoms with van der Waals surface area (Å²) in [4.78, 5) is 0.255. The molecule has 27 heavy (non-hydrogen) atoms. The van der Waals surface area contributed by atoms with Crippen molar-refractivity contribution in [1.29, 1.82) is 0 Å². The molecule has 0 bridgehead atoms. The summed E-state index contributed by atoms with van der Waals surface area (Å²) in [6, 6.07) is 20.2. The number of hydrogen-bond acceptors (Lipinski definition) is 4. The Labute approximate surface area is 160 Å². The highest BCUT2D eigenvalue weighted by molar-refractivity contribution is 7.89. The maximum absolute atomic E-state index is 12.9. The first-order valence-electron chi connectivity index (χ1n) is 8.83. The lowest BCUT2D eigenvalue weighted by Crippen LogP contribution is -2.43. The Hall–Kier alpha value is -2.25. The monoisotopic (exact) mass is 384 g/mol. The van der Waals surface area contributed by atoms with Gasteiger partial charge in [-0.05, 0) is 29.5 Å². The molecule has 3 aromatic rings. The highest BCUT2D eigenvalue weighted by Gasteiger charge is 2.22. The van der Waals surface area contributed by atoms with Crippen molar-refractivity contribution in [1.82, 2.24) is 4.72 Å². The number of sulfonamides is 1. The lowest BCUT2D eigenvalue weighted by atomic mass is 10.1. The maximum atomic E-state index is 12.9. The number of rotatable bonds is 8. The zero-order valence-corrected chi connectivity index (χ0v) is 16.1. The lowest BCUT2D eigenvalue weighted by Gasteiger charge is -2.18. The molecule has 0 aliphatic rings. The minimum atomic E-state index is -3.72. The molecule has 0 aliphatic heterocycles. The predicted octanol–water partition coefficient (Wildman–Crippen LogP) is 2.97. The quantitative estimate of drug-likeness (QED) is 0.626. The van der Waals surface area contributed by atoms with Gasteiger partial charge in [-0.3, -0.25) is 0 Å². The first-order valence-corrected chi connectivity index (χ1v) is 10.3. The number of nitrogens with one attached hydrogen (secondary N) is 1. The normalized spacial score (nSPS) is 13.0. The summed E-state index contributed by atoms with van der Waals surface area (Å²) in [5.41, 5.74) is 7.83. The number of aryl methyl sites for hydroxylation is 1. The largest absolute Gasteiger partial charge is 0.375 e. The van der Waals surface area contributed by atoms with E-state index >= 15 is 0 Å². The van der Waals surface area contributed by atoms with Crippen LogP contribution in [0.3, 0.4) is 0 Å². The third-order valence-electron chi connectivity index (χ3n) is 4.43. The molecule has 142 valence electrons. The van der Waals surface area contributed by atoms with Crippen molar-refractivity contribution in [3.63, 3.8) is 0 Å². The highest BCUT2D eigenvalue weighted by Crippen LogP contribution is 2.25. The molecule has 0 aliphatic carbocycles. The first kappa shape index (κ1) is 19.5. The highest BCUT2D eigenvalue weighted by atomic mass is 32.2. The summed E-state index contributed by atoms with van der Waals surface area (Å²) < 4.78 is 34.2. The van der Waals surface area contributed by atoms with Crippen LogP contribution >= 0.6 is 0 Å². The van der Waals surface area contributed by atoms with Crippen LogP contribution in [0.5, 0.6) is 0 Å². The summed E-state index contributed by atoms with van der Waals surface area (Å²) in [5.74, 6) is 0. The summed E-state index contributed by atoms with van der Waals surface area (Å²) >= 11 is 0. The molecule has 1 atom stereocenters. The van der Waals surface area contributed by atoms with Gasteiger partial charge in [0.05, 0.1) is 24.2 Å². The van der Waals surface area contributed by atoms with Crippen LogP contribution < -0.4 is 10.5 Å². The van der Waals surface area contributed by atoms with E-state index in [0.717, 1.165) is 16.5 Å². The second-order valence-electron chi connectivity index (χ2n) is 6.48. The third kappa shape index (κ3) is 4.73. The van der Waals surface area contributed by atoms with E-state index < -0.39 is 16.1 Å². The fourth-order valence-corrected chi connectivity index (χ4v) is 4.43. The molecule has 5 nitrogen and oxygen atoms in total. The van der Waals surface area contributed by atoms with E-state index in [2.05, 4.69) is 4.72 Å². The molecule has 0 saturated heterocycles. The summed E-state index contributed by atoms with van der Waals surface area (Å²) in [7, 11) is -3.72. The van der Waals surface area contributed by atoms with Gasteiger partial charge in [0, 0.05) is 11.9 Å². The lowest BCUT2D eigenvalue weighted by molar-refractivity contribution is 0.106. The smallest absolute Gasteiger partial charge is 0.241 e.